The Balaban J connectivity index is 0.000000774. The van der Waals surface area contributed by atoms with E-state index in [0.717, 1.165) is 32.3 Å². The highest BCUT2D eigenvalue weighted by atomic mass is 35.5. The molecule has 1 aromatic carbocycles. The minimum absolute atomic E-state index is 0.753. The molecule has 2 heterocycles. The molecule has 0 aliphatic heterocycles. The molecule has 3 rings (SSSR count). The predicted molar refractivity (Wildman–Crippen MR) is 92.2 cm³/mol. The topological polar surface area (TPSA) is 28.7 Å². The van der Waals surface area contributed by atoms with Crippen LogP contribution in [0, 0.1) is 25.7 Å². The van der Waals surface area contributed by atoms with Crippen LogP contribution in [0.5, 0.6) is 0 Å². The molecule has 0 amide bonds. The molecule has 0 aliphatic rings. The van der Waals surface area contributed by atoms with Gasteiger partial charge in [0.05, 0.1) is 16.6 Å². The SMILES string of the molecule is CC.Cc1nc2ccc(C#Cc3cc(C)sc3Cl)cc2[nH]1. The van der Waals surface area contributed by atoms with Gasteiger partial charge in [-0.05, 0) is 38.1 Å². The van der Waals surface area contributed by atoms with E-state index in [1.807, 2.05) is 52.0 Å². The van der Waals surface area contributed by atoms with Crippen molar-refractivity contribution in [1.29, 1.82) is 0 Å². The summed E-state index contributed by atoms with van der Waals surface area (Å²) in [6.45, 7) is 7.97. The average molecular weight is 317 g/mol. The number of nitrogens with zero attached hydrogens (tertiary/aromatic N) is 1. The molecule has 0 saturated heterocycles. The van der Waals surface area contributed by atoms with Gasteiger partial charge in [0.25, 0.3) is 0 Å². The summed E-state index contributed by atoms with van der Waals surface area (Å²) in [5.41, 5.74) is 3.82. The van der Waals surface area contributed by atoms with E-state index in [0.29, 0.717) is 0 Å². The first-order valence-corrected chi connectivity index (χ1v) is 8.05. The Kier molecular flexibility index (Phi) is 5.06. The van der Waals surface area contributed by atoms with Crippen LogP contribution >= 0.6 is 22.9 Å². The minimum atomic E-state index is 0.753. The normalized spacial score (nSPS) is 9.76. The number of fused-ring (bicyclic) bond motifs is 1. The van der Waals surface area contributed by atoms with E-state index >= 15 is 0 Å². The maximum Gasteiger partial charge on any atom is 0.109 e. The first-order chi connectivity index (χ1) is 10.1. The summed E-state index contributed by atoms with van der Waals surface area (Å²) >= 11 is 7.67. The smallest absolute Gasteiger partial charge is 0.109 e. The molecular formula is C17H17ClN2S. The molecule has 21 heavy (non-hydrogen) atoms. The lowest BCUT2D eigenvalue weighted by Gasteiger charge is -1.90. The third-order valence-corrected chi connectivity index (χ3v) is 4.03. The summed E-state index contributed by atoms with van der Waals surface area (Å²) in [6, 6.07) is 7.97. The van der Waals surface area contributed by atoms with Gasteiger partial charge in [0.2, 0.25) is 0 Å². The van der Waals surface area contributed by atoms with Gasteiger partial charge in [-0.2, -0.15) is 0 Å². The lowest BCUT2D eigenvalue weighted by atomic mass is 10.2. The van der Waals surface area contributed by atoms with Crippen molar-refractivity contribution in [2.24, 2.45) is 0 Å². The second-order valence-electron chi connectivity index (χ2n) is 4.35. The molecule has 0 spiro atoms. The standard InChI is InChI=1S/C15H11ClN2S.C2H6/c1-9-7-12(15(16)19-9)5-3-11-4-6-13-14(8-11)18-10(2)17-13;1-2/h4,6-8H,1-2H3,(H,17,18);1-2H3. The van der Waals surface area contributed by atoms with Crippen LogP contribution in [0.25, 0.3) is 11.0 Å². The van der Waals surface area contributed by atoms with Crippen molar-refractivity contribution >= 4 is 34.0 Å². The average Bonchev–Trinajstić information content (AvgIpc) is 2.99. The molecule has 3 aromatic rings. The van der Waals surface area contributed by atoms with Gasteiger partial charge in [-0.15, -0.1) is 11.3 Å². The number of H-pyrrole nitrogens is 1. The van der Waals surface area contributed by atoms with Crippen LogP contribution in [-0.2, 0) is 0 Å². The molecule has 0 unspecified atom stereocenters. The van der Waals surface area contributed by atoms with Gasteiger partial charge in [0.1, 0.15) is 10.2 Å². The van der Waals surface area contributed by atoms with Crippen LogP contribution in [0.4, 0.5) is 0 Å². The zero-order chi connectivity index (χ0) is 15.4. The van der Waals surface area contributed by atoms with Gasteiger partial charge >= 0.3 is 0 Å². The molecule has 4 heteroatoms. The first-order valence-electron chi connectivity index (χ1n) is 6.86. The third-order valence-electron chi connectivity index (χ3n) is 2.75. The second-order valence-corrected chi connectivity index (χ2v) is 6.21. The summed E-state index contributed by atoms with van der Waals surface area (Å²) in [5, 5.41) is 0. The Hall–Kier alpha value is -1.76. The van der Waals surface area contributed by atoms with Crippen LogP contribution in [0.15, 0.2) is 24.3 Å². The van der Waals surface area contributed by atoms with Crippen molar-refractivity contribution in [3.05, 3.63) is 50.4 Å². The number of aromatic amines is 1. The van der Waals surface area contributed by atoms with Crippen LogP contribution in [0.2, 0.25) is 4.34 Å². The largest absolute Gasteiger partial charge is 0.342 e. The maximum absolute atomic E-state index is 6.11. The number of halogens is 1. The summed E-state index contributed by atoms with van der Waals surface area (Å²) in [6.07, 6.45) is 0. The fourth-order valence-electron chi connectivity index (χ4n) is 1.93. The van der Waals surface area contributed by atoms with Crippen molar-refractivity contribution in [3.63, 3.8) is 0 Å². The fraction of sp³-hybridized carbons (Fsp3) is 0.235. The van der Waals surface area contributed by atoms with Gasteiger partial charge in [-0.3, -0.25) is 0 Å². The van der Waals surface area contributed by atoms with Crippen LogP contribution in [0.3, 0.4) is 0 Å². The first kappa shape index (κ1) is 15.6. The highest BCUT2D eigenvalue weighted by Crippen LogP contribution is 2.26. The lowest BCUT2D eigenvalue weighted by molar-refractivity contribution is 1.17. The molecule has 0 fully saturated rings. The number of hydrogen-bond donors (Lipinski definition) is 1. The van der Waals surface area contributed by atoms with Gasteiger partial charge < -0.3 is 4.98 Å². The van der Waals surface area contributed by atoms with Gasteiger partial charge in [-0.25, -0.2) is 4.98 Å². The Morgan fingerprint density at radius 1 is 1.14 bits per heavy atom. The highest BCUT2D eigenvalue weighted by Gasteiger charge is 2.02. The van der Waals surface area contributed by atoms with E-state index in [4.69, 9.17) is 11.6 Å². The zero-order valence-corrected chi connectivity index (χ0v) is 14.1. The molecule has 0 saturated carbocycles. The second kappa shape index (κ2) is 6.80. The van der Waals surface area contributed by atoms with E-state index in [1.54, 1.807) is 11.3 Å². The van der Waals surface area contributed by atoms with E-state index in [-0.39, 0.29) is 0 Å². The van der Waals surface area contributed by atoms with Crippen molar-refractivity contribution in [2.45, 2.75) is 27.7 Å². The van der Waals surface area contributed by atoms with Crippen LogP contribution in [0.1, 0.15) is 35.7 Å². The number of imidazole rings is 1. The van der Waals surface area contributed by atoms with Crippen molar-refractivity contribution in [2.75, 3.05) is 0 Å². The Bertz CT molecular complexity index is 818. The number of nitrogens with one attached hydrogen (secondary N) is 1. The van der Waals surface area contributed by atoms with Crippen molar-refractivity contribution < 1.29 is 0 Å². The van der Waals surface area contributed by atoms with Crippen molar-refractivity contribution in [3.8, 4) is 11.8 Å². The maximum atomic E-state index is 6.11. The van der Waals surface area contributed by atoms with Gasteiger partial charge in [0, 0.05) is 10.4 Å². The van der Waals surface area contributed by atoms with E-state index < -0.39 is 0 Å². The Labute approximate surface area is 134 Å². The van der Waals surface area contributed by atoms with Crippen LogP contribution in [-0.4, -0.2) is 9.97 Å². The number of aryl methyl sites for hydroxylation is 2. The molecule has 0 bridgehead atoms. The molecule has 2 aromatic heterocycles. The monoisotopic (exact) mass is 316 g/mol. The summed E-state index contributed by atoms with van der Waals surface area (Å²) in [5.74, 6) is 7.17. The number of aromatic nitrogens is 2. The van der Waals surface area contributed by atoms with Gasteiger partial charge in [0.15, 0.2) is 0 Å². The minimum Gasteiger partial charge on any atom is -0.342 e. The summed E-state index contributed by atoms with van der Waals surface area (Å²) in [4.78, 5) is 8.75. The molecule has 108 valence electrons. The quantitative estimate of drug-likeness (QED) is 0.559. The summed E-state index contributed by atoms with van der Waals surface area (Å²) < 4.78 is 0.753. The summed E-state index contributed by atoms with van der Waals surface area (Å²) in [7, 11) is 0. The van der Waals surface area contributed by atoms with Crippen LogP contribution < -0.4 is 0 Å². The molecule has 0 radical (unpaired) electrons. The Morgan fingerprint density at radius 3 is 2.57 bits per heavy atom. The van der Waals surface area contributed by atoms with Crippen molar-refractivity contribution in [1.82, 2.24) is 9.97 Å². The number of hydrogen-bond acceptors (Lipinski definition) is 2. The molecular weight excluding hydrogens is 300 g/mol. The predicted octanol–water partition coefficient (Wildman–Crippen LogP) is 5.32. The molecule has 2 nitrogen and oxygen atoms in total. The third kappa shape index (κ3) is 3.66. The van der Waals surface area contributed by atoms with Gasteiger partial charge in [-0.1, -0.05) is 37.3 Å². The fourth-order valence-corrected chi connectivity index (χ4v) is 3.07. The Morgan fingerprint density at radius 2 is 1.90 bits per heavy atom. The van der Waals surface area contributed by atoms with E-state index in [2.05, 4.69) is 21.8 Å². The molecule has 1 N–H and O–H groups in total. The number of benzene rings is 1. The molecule has 0 aliphatic carbocycles. The highest BCUT2D eigenvalue weighted by molar-refractivity contribution is 7.16. The zero-order valence-electron chi connectivity index (χ0n) is 12.5. The lowest BCUT2D eigenvalue weighted by Crippen LogP contribution is -1.76. The number of rotatable bonds is 0. The van der Waals surface area contributed by atoms with E-state index in [1.165, 1.54) is 4.88 Å². The van der Waals surface area contributed by atoms with E-state index in [9.17, 15) is 0 Å². The number of thiophene rings is 1. The molecule has 0 atom stereocenters.